The molecule has 0 spiro atoms. The molecule has 1 aliphatic rings. The monoisotopic (exact) mass is 332 g/mol. The molecule has 0 saturated carbocycles. The number of hydrogen-bond donors (Lipinski definition) is 2. The van der Waals surface area contributed by atoms with Gasteiger partial charge in [0.05, 0.1) is 5.75 Å². The maximum Gasteiger partial charge on any atom is 0.265 e. The van der Waals surface area contributed by atoms with Crippen LogP contribution in [-0.4, -0.2) is 51.0 Å². The zero-order chi connectivity index (χ0) is 15.5. The Morgan fingerprint density at radius 3 is 2.67 bits per heavy atom. The Labute approximate surface area is 128 Å². The van der Waals surface area contributed by atoms with Crippen LogP contribution in [0.5, 0.6) is 0 Å². The third kappa shape index (κ3) is 4.57. The highest BCUT2D eigenvalue weighted by atomic mass is 32.2. The van der Waals surface area contributed by atoms with E-state index in [-0.39, 0.29) is 24.0 Å². The lowest BCUT2D eigenvalue weighted by Crippen LogP contribution is -2.29. The number of nitrogens with zero attached hydrogens (tertiary/aromatic N) is 2. The van der Waals surface area contributed by atoms with Crippen molar-refractivity contribution in [1.82, 2.24) is 10.3 Å². The van der Waals surface area contributed by atoms with Crippen LogP contribution in [0.25, 0.3) is 0 Å². The Balaban J connectivity index is 1.99. The van der Waals surface area contributed by atoms with Gasteiger partial charge in [0, 0.05) is 25.9 Å². The molecule has 1 aliphatic heterocycles. The van der Waals surface area contributed by atoms with E-state index in [9.17, 15) is 13.2 Å². The third-order valence-corrected chi connectivity index (χ3v) is 5.31. The topological polar surface area (TPSA) is 105 Å². The van der Waals surface area contributed by atoms with Crippen LogP contribution >= 0.6 is 11.3 Å². The van der Waals surface area contributed by atoms with E-state index >= 15 is 0 Å². The lowest BCUT2D eigenvalue weighted by molar-refractivity contribution is 0.0961. The van der Waals surface area contributed by atoms with Crippen molar-refractivity contribution in [3.05, 3.63) is 4.88 Å². The van der Waals surface area contributed by atoms with E-state index in [1.165, 1.54) is 17.8 Å². The standard InChI is InChI=1S/C12H20N4O3S2/c1-21(18,19)8-5-14-11(17)9-10(13)15-12(20-9)16-6-3-2-4-7-16/h2-8,13H2,1H3,(H,14,17). The fourth-order valence-corrected chi connectivity index (χ4v) is 3.56. The number of piperidine rings is 1. The Morgan fingerprint density at radius 2 is 2.05 bits per heavy atom. The van der Waals surface area contributed by atoms with Gasteiger partial charge in [-0.1, -0.05) is 11.3 Å². The number of carbonyl (C=O) groups is 1. The van der Waals surface area contributed by atoms with E-state index in [4.69, 9.17) is 5.73 Å². The van der Waals surface area contributed by atoms with Crippen molar-refractivity contribution in [3.8, 4) is 0 Å². The van der Waals surface area contributed by atoms with Crippen LogP contribution in [0.1, 0.15) is 28.9 Å². The summed E-state index contributed by atoms with van der Waals surface area (Å²) in [6, 6.07) is 0. The second-order valence-electron chi connectivity index (χ2n) is 5.14. The number of carbonyl (C=O) groups excluding carboxylic acids is 1. The van der Waals surface area contributed by atoms with Crippen molar-refractivity contribution in [3.63, 3.8) is 0 Å². The quantitative estimate of drug-likeness (QED) is 0.813. The molecule has 0 radical (unpaired) electrons. The van der Waals surface area contributed by atoms with Crippen LogP contribution < -0.4 is 16.0 Å². The van der Waals surface area contributed by atoms with E-state index in [2.05, 4.69) is 15.2 Å². The molecule has 1 amide bonds. The van der Waals surface area contributed by atoms with Gasteiger partial charge >= 0.3 is 0 Å². The lowest BCUT2D eigenvalue weighted by atomic mass is 10.1. The number of anilines is 2. The fraction of sp³-hybridized carbons (Fsp3) is 0.667. The molecule has 118 valence electrons. The van der Waals surface area contributed by atoms with Crippen molar-refractivity contribution in [2.45, 2.75) is 19.3 Å². The summed E-state index contributed by atoms with van der Waals surface area (Å²) in [4.78, 5) is 18.8. The molecule has 0 aromatic carbocycles. The lowest BCUT2D eigenvalue weighted by Gasteiger charge is -2.25. The number of nitrogens with one attached hydrogen (secondary N) is 1. The van der Waals surface area contributed by atoms with Gasteiger partial charge in [-0.2, -0.15) is 0 Å². The molecule has 9 heteroatoms. The van der Waals surface area contributed by atoms with Crippen LogP contribution in [0.3, 0.4) is 0 Å². The minimum Gasteiger partial charge on any atom is -0.382 e. The predicted molar refractivity (Wildman–Crippen MR) is 84.6 cm³/mol. The van der Waals surface area contributed by atoms with E-state index in [1.807, 2.05) is 0 Å². The maximum atomic E-state index is 12.0. The molecule has 0 aliphatic carbocycles. The van der Waals surface area contributed by atoms with Gasteiger partial charge < -0.3 is 16.0 Å². The van der Waals surface area contributed by atoms with Crippen LogP contribution in [0.2, 0.25) is 0 Å². The Bertz CT molecular complexity index is 606. The summed E-state index contributed by atoms with van der Waals surface area (Å²) < 4.78 is 22.1. The highest BCUT2D eigenvalue weighted by Crippen LogP contribution is 2.29. The molecular weight excluding hydrogens is 312 g/mol. The summed E-state index contributed by atoms with van der Waals surface area (Å²) in [6.45, 7) is 1.94. The van der Waals surface area contributed by atoms with E-state index in [0.717, 1.165) is 37.3 Å². The number of sulfone groups is 1. The summed E-state index contributed by atoms with van der Waals surface area (Å²) >= 11 is 1.26. The van der Waals surface area contributed by atoms with Crippen LogP contribution in [-0.2, 0) is 9.84 Å². The molecular formula is C12H20N4O3S2. The van der Waals surface area contributed by atoms with Crippen molar-refractivity contribution < 1.29 is 13.2 Å². The summed E-state index contributed by atoms with van der Waals surface area (Å²) in [5.74, 6) is -0.245. The predicted octanol–water partition coefficient (Wildman–Crippen LogP) is 0.490. The number of nitrogen functional groups attached to an aromatic ring is 1. The molecule has 1 fully saturated rings. The van der Waals surface area contributed by atoms with Gasteiger partial charge in [0.2, 0.25) is 0 Å². The van der Waals surface area contributed by atoms with E-state index < -0.39 is 9.84 Å². The molecule has 0 unspecified atom stereocenters. The van der Waals surface area contributed by atoms with Gasteiger partial charge in [0.25, 0.3) is 5.91 Å². The van der Waals surface area contributed by atoms with E-state index in [1.54, 1.807) is 0 Å². The highest BCUT2D eigenvalue weighted by molar-refractivity contribution is 7.90. The van der Waals surface area contributed by atoms with Crippen molar-refractivity contribution in [1.29, 1.82) is 0 Å². The van der Waals surface area contributed by atoms with Gasteiger partial charge in [0.1, 0.15) is 20.5 Å². The molecule has 21 heavy (non-hydrogen) atoms. The largest absolute Gasteiger partial charge is 0.382 e. The molecule has 3 N–H and O–H groups in total. The minimum atomic E-state index is -3.09. The second-order valence-corrected chi connectivity index (χ2v) is 8.38. The van der Waals surface area contributed by atoms with Gasteiger partial charge in [-0.25, -0.2) is 13.4 Å². The number of thiazole rings is 1. The molecule has 0 bridgehead atoms. The first kappa shape index (κ1) is 16.0. The minimum absolute atomic E-state index is 0.0774. The van der Waals surface area contributed by atoms with Crippen LogP contribution in [0.4, 0.5) is 10.9 Å². The summed E-state index contributed by atoms with van der Waals surface area (Å²) in [5, 5.41) is 3.33. The maximum absolute atomic E-state index is 12.0. The van der Waals surface area contributed by atoms with Gasteiger partial charge in [-0.05, 0) is 19.3 Å². The molecule has 2 rings (SSSR count). The van der Waals surface area contributed by atoms with Gasteiger partial charge in [-0.15, -0.1) is 0 Å². The number of hydrogen-bond acceptors (Lipinski definition) is 7. The fourth-order valence-electron chi connectivity index (χ4n) is 2.13. The zero-order valence-corrected chi connectivity index (χ0v) is 13.6. The van der Waals surface area contributed by atoms with Crippen molar-refractivity contribution >= 4 is 38.0 Å². The summed E-state index contributed by atoms with van der Waals surface area (Å²) in [5.41, 5.74) is 5.80. The normalized spacial score (nSPS) is 16.0. The van der Waals surface area contributed by atoms with Crippen LogP contribution in [0, 0.1) is 0 Å². The second kappa shape index (κ2) is 6.61. The molecule has 2 heterocycles. The van der Waals surface area contributed by atoms with Gasteiger partial charge in [0.15, 0.2) is 5.13 Å². The van der Waals surface area contributed by atoms with Crippen molar-refractivity contribution in [2.75, 3.05) is 42.3 Å². The number of amides is 1. The Morgan fingerprint density at radius 1 is 1.38 bits per heavy atom. The molecule has 7 nitrogen and oxygen atoms in total. The van der Waals surface area contributed by atoms with E-state index in [0.29, 0.717) is 4.88 Å². The van der Waals surface area contributed by atoms with Crippen LogP contribution in [0.15, 0.2) is 0 Å². The number of nitrogens with two attached hydrogens (primary N) is 1. The molecule has 0 atom stereocenters. The average Bonchev–Trinajstić information content (AvgIpc) is 2.80. The smallest absolute Gasteiger partial charge is 0.265 e. The SMILES string of the molecule is CS(=O)(=O)CCNC(=O)c1sc(N2CCCCC2)nc1N. The number of aromatic nitrogens is 1. The molecule has 1 aromatic rings. The first-order valence-corrected chi connectivity index (χ1v) is 9.72. The Hall–Kier alpha value is -1.35. The first-order chi connectivity index (χ1) is 9.87. The first-order valence-electron chi connectivity index (χ1n) is 6.84. The zero-order valence-electron chi connectivity index (χ0n) is 12.0. The molecule has 1 aromatic heterocycles. The van der Waals surface area contributed by atoms with Gasteiger partial charge in [-0.3, -0.25) is 4.79 Å². The van der Waals surface area contributed by atoms with Crippen molar-refractivity contribution in [2.24, 2.45) is 0 Å². The number of rotatable bonds is 5. The highest BCUT2D eigenvalue weighted by Gasteiger charge is 2.20. The summed E-state index contributed by atoms with van der Waals surface area (Å²) in [6.07, 6.45) is 4.59. The summed E-state index contributed by atoms with van der Waals surface area (Å²) in [7, 11) is -3.09. The third-order valence-electron chi connectivity index (χ3n) is 3.23. The Kier molecular flexibility index (Phi) is 5.04. The molecule has 1 saturated heterocycles. The average molecular weight is 332 g/mol.